The van der Waals surface area contributed by atoms with E-state index < -0.39 is 18.0 Å². The molecule has 0 heterocycles. The van der Waals surface area contributed by atoms with E-state index in [1.807, 2.05) is 0 Å². The first-order chi connectivity index (χ1) is 7.16. The summed E-state index contributed by atoms with van der Waals surface area (Å²) in [6, 6.07) is 7.27. The number of carbonyl (C=O) groups is 1. The van der Waals surface area contributed by atoms with Crippen LogP contribution in [0.15, 0.2) is 30.3 Å². The molecular weight excluding hydrogens is 197 g/mol. The van der Waals surface area contributed by atoms with Crippen LogP contribution >= 0.6 is 0 Å². The molecule has 0 aliphatic heterocycles. The molecule has 0 spiro atoms. The van der Waals surface area contributed by atoms with Crippen LogP contribution in [0.2, 0.25) is 0 Å². The standard InChI is InChI=1S/C11H14FNO2/c1-15-7-9(12)10(13)11(14)8-5-3-2-4-6-8/h2-6,9-10H,7,13H2,1H3/t9-,10+/m0/s1. The van der Waals surface area contributed by atoms with Crippen LogP contribution in [0.5, 0.6) is 0 Å². The quantitative estimate of drug-likeness (QED) is 0.744. The number of benzene rings is 1. The molecule has 3 nitrogen and oxygen atoms in total. The Bertz CT molecular complexity index is 316. The maximum absolute atomic E-state index is 13.3. The number of hydrogen-bond donors (Lipinski definition) is 1. The number of ether oxygens (including phenoxy) is 1. The molecule has 1 aromatic rings. The van der Waals surface area contributed by atoms with Gasteiger partial charge in [-0.3, -0.25) is 4.79 Å². The fraction of sp³-hybridized carbons (Fsp3) is 0.364. The van der Waals surface area contributed by atoms with Gasteiger partial charge in [0.1, 0.15) is 12.2 Å². The van der Waals surface area contributed by atoms with E-state index in [0.717, 1.165) is 0 Å². The molecule has 0 radical (unpaired) electrons. The Morgan fingerprint density at radius 2 is 2.07 bits per heavy atom. The molecule has 1 rings (SSSR count). The van der Waals surface area contributed by atoms with Gasteiger partial charge in [0.2, 0.25) is 0 Å². The minimum absolute atomic E-state index is 0.167. The first-order valence-corrected chi connectivity index (χ1v) is 4.64. The summed E-state index contributed by atoms with van der Waals surface area (Å²) in [6.07, 6.45) is -1.47. The lowest BCUT2D eigenvalue weighted by Crippen LogP contribution is -2.41. The predicted molar refractivity (Wildman–Crippen MR) is 55.5 cm³/mol. The van der Waals surface area contributed by atoms with Crippen LogP contribution in [0, 0.1) is 0 Å². The van der Waals surface area contributed by atoms with Crippen molar-refractivity contribution in [1.82, 2.24) is 0 Å². The second-order valence-electron chi connectivity index (χ2n) is 3.23. The maximum atomic E-state index is 13.3. The lowest BCUT2D eigenvalue weighted by molar-refractivity contribution is 0.0783. The second-order valence-corrected chi connectivity index (χ2v) is 3.23. The van der Waals surface area contributed by atoms with Crippen molar-refractivity contribution in [2.24, 2.45) is 5.73 Å². The molecule has 1 aromatic carbocycles. The fourth-order valence-electron chi connectivity index (χ4n) is 1.22. The van der Waals surface area contributed by atoms with Gasteiger partial charge in [-0.25, -0.2) is 4.39 Å². The summed E-state index contributed by atoms with van der Waals surface area (Å²) in [7, 11) is 1.37. The van der Waals surface area contributed by atoms with Crippen molar-refractivity contribution in [3.63, 3.8) is 0 Å². The van der Waals surface area contributed by atoms with Crippen LogP contribution < -0.4 is 5.73 Å². The molecule has 0 aliphatic carbocycles. The third-order valence-corrected chi connectivity index (χ3v) is 2.08. The molecule has 0 aliphatic rings. The van der Waals surface area contributed by atoms with E-state index in [4.69, 9.17) is 5.73 Å². The van der Waals surface area contributed by atoms with Crippen molar-refractivity contribution in [2.45, 2.75) is 12.2 Å². The summed E-state index contributed by atoms with van der Waals surface area (Å²) >= 11 is 0. The van der Waals surface area contributed by atoms with Gasteiger partial charge in [-0.2, -0.15) is 0 Å². The topological polar surface area (TPSA) is 52.3 Å². The van der Waals surface area contributed by atoms with E-state index in [1.165, 1.54) is 7.11 Å². The molecule has 0 fully saturated rings. The molecule has 0 bridgehead atoms. The molecule has 2 N–H and O–H groups in total. The van der Waals surface area contributed by atoms with Crippen molar-refractivity contribution < 1.29 is 13.9 Å². The molecule has 15 heavy (non-hydrogen) atoms. The van der Waals surface area contributed by atoms with E-state index in [0.29, 0.717) is 5.56 Å². The van der Waals surface area contributed by atoms with Crippen molar-refractivity contribution in [1.29, 1.82) is 0 Å². The van der Waals surface area contributed by atoms with Gasteiger partial charge in [0.15, 0.2) is 5.78 Å². The molecule has 0 saturated carbocycles. The second kappa shape index (κ2) is 5.58. The Hall–Kier alpha value is -1.26. The van der Waals surface area contributed by atoms with E-state index in [2.05, 4.69) is 4.74 Å². The largest absolute Gasteiger partial charge is 0.382 e. The highest BCUT2D eigenvalue weighted by Gasteiger charge is 2.24. The summed E-state index contributed by atoms with van der Waals surface area (Å²) < 4.78 is 17.9. The van der Waals surface area contributed by atoms with Gasteiger partial charge in [0.05, 0.1) is 6.61 Å². The molecule has 0 aromatic heterocycles. The fourth-order valence-corrected chi connectivity index (χ4v) is 1.22. The number of alkyl halides is 1. The lowest BCUT2D eigenvalue weighted by atomic mass is 10.0. The van der Waals surface area contributed by atoms with Crippen LogP contribution in [0.25, 0.3) is 0 Å². The van der Waals surface area contributed by atoms with Crippen LogP contribution in [-0.2, 0) is 4.74 Å². The van der Waals surface area contributed by atoms with Crippen molar-refractivity contribution in [3.05, 3.63) is 35.9 Å². The van der Waals surface area contributed by atoms with Gasteiger partial charge in [0.25, 0.3) is 0 Å². The maximum Gasteiger partial charge on any atom is 0.182 e. The van der Waals surface area contributed by atoms with E-state index in [9.17, 15) is 9.18 Å². The number of carbonyl (C=O) groups excluding carboxylic acids is 1. The zero-order valence-corrected chi connectivity index (χ0v) is 8.52. The monoisotopic (exact) mass is 211 g/mol. The number of hydrogen-bond acceptors (Lipinski definition) is 3. The summed E-state index contributed by atoms with van der Waals surface area (Å²) in [5.41, 5.74) is 5.89. The molecule has 2 atom stereocenters. The van der Waals surface area contributed by atoms with Gasteiger partial charge < -0.3 is 10.5 Å². The molecule has 0 saturated heterocycles. The highest BCUT2D eigenvalue weighted by molar-refractivity contribution is 6.00. The number of rotatable bonds is 5. The van der Waals surface area contributed by atoms with Crippen LogP contribution in [0.3, 0.4) is 0 Å². The SMILES string of the molecule is COC[C@H](F)[C@@H](N)C(=O)c1ccccc1. The first-order valence-electron chi connectivity index (χ1n) is 4.64. The first kappa shape index (κ1) is 11.8. The summed E-state index contributed by atoms with van der Waals surface area (Å²) in [6.45, 7) is -0.167. The number of methoxy groups -OCH3 is 1. The number of halogens is 1. The van der Waals surface area contributed by atoms with Crippen LogP contribution in [-0.4, -0.2) is 31.7 Å². The van der Waals surface area contributed by atoms with Crippen molar-refractivity contribution in [2.75, 3.05) is 13.7 Å². The van der Waals surface area contributed by atoms with E-state index in [1.54, 1.807) is 30.3 Å². The average molecular weight is 211 g/mol. The van der Waals surface area contributed by atoms with Crippen molar-refractivity contribution >= 4 is 5.78 Å². The minimum atomic E-state index is -1.47. The Balaban J connectivity index is 2.69. The molecule has 4 heteroatoms. The normalized spacial score (nSPS) is 14.6. The minimum Gasteiger partial charge on any atom is -0.382 e. The van der Waals surface area contributed by atoms with Crippen LogP contribution in [0.4, 0.5) is 4.39 Å². The lowest BCUT2D eigenvalue weighted by Gasteiger charge is -2.14. The smallest absolute Gasteiger partial charge is 0.182 e. The van der Waals surface area contributed by atoms with Gasteiger partial charge in [-0.15, -0.1) is 0 Å². The Kier molecular flexibility index (Phi) is 4.39. The van der Waals surface area contributed by atoms with Crippen LogP contribution in [0.1, 0.15) is 10.4 Å². The summed E-state index contributed by atoms with van der Waals surface area (Å²) in [5.74, 6) is -0.403. The number of nitrogens with two attached hydrogens (primary N) is 1. The molecule has 82 valence electrons. The molecule has 0 unspecified atom stereocenters. The van der Waals surface area contributed by atoms with E-state index >= 15 is 0 Å². The van der Waals surface area contributed by atoms with Gasteiger partial charge in [-0.1, -0.05) is 30.3 Å². The molecular formula is C11H14FNO2. The Labute approximate surface area is 88.0 Å². The third kappa shape index (κ3) is 3.11. The van der Waals surface area contributed by atoms with Gasteiger partial charge >= 0.3 is 0 Å². The highest BCUT2D eigenvalue weighted by Crippen LogP contribution is 2.07. The zero-order valence-electron chi connectivity index (χ0n) is 8.52. The Morgan fingerprint density at radius 1 is 1.47 bits per heavy atom. The third-order valence-electron chi connectivity index (χ3n) is 2.08. The number of ketones is 1. The van der Waals surface area contributed by atoms with Crippen molar-refractivity contribution in [3.8, 4) is 0 Å². The Morgan fingerprint density at radius 3 is 2.60 bits per heavy atom. The highest BCUT2D eigenvalue weighted by atomic mass is 19.1. The zero-order chi connectivity index (χ0) is 11.3. The summed E-state index contributed by atoms with van der Waals surface area (Å²) in [4.78, 5) is 11.6. The average Bonchev–Trinajstić information content (AvgIpc) is 2.28. The summed E-state index contributed by atoms with van der Waals surface area (Å²) in [5, 5.41) is 0. The number of Topliss-reactive ketones (excluding diaryl/α,β-unsaturated/α-hetero) is 1. The molecule has 0 amide bonds. The van der Waals surface area contributed by atoms with Gasteiger partial charge in [-0.05, 0) is 0 Å². The predicted octanol–water partition coefficient (Wildman–Crippen LogP) is 1.18. The van der Waals surface area contributed by atoms with Gasteiger partial charge in [0, 0.05) is 12.7 Å². The van der Waals surface area contributed by atoms with E-state index in [-0.39, 0.29) is 6.61 Å².